The van der Waals surface area contributed by atoms with Crippen LogP contribution in [0.3, 0.4) is 0 Å². The van der Waals surface area contributed by atoms with Crippen LogP contribution in [0, 0.1) is 5.82 Å². The van der Waals surface area contributed by atoms with Crippen molar-refractivity contribution in [2.45, 2.75) is 51.8 Å². The Hall–Kier alpha value is -3.38. The summed E-state index contributed by atoms with van der Waals surface area (Å²) in [6.07, 6.45) is -2.60. The molecule has 39 heavy (non-hydrogen) atoms. The number of methoxy groups -OCH3 is 1. The monoisotopic (exact) mass is 548 g/mol. The Labute approximate surface area is 226 Å². The fourth-order valence-corrected chi connectivity index (χ4v) is 4.56. The minimum Gasteiger partial charge on any atom is -0.495 e. The molecule has 2 heterocycles. The number of anilines is 1. The van der Waals surface area contributed by atoms with E-state index in [4.69, 9.17) is 14.3 Å². The molecular formula is C28H35F3N4O4. The average Bonchev–Trinajstić information content (AvgIpc) is 3.29. The quantitative estimate of drug-likeness (QED) is 0.460. The molecule has 0 aromatic heterocycles. The molecule has 0 amide bonds. The molecule has 2 N–H and O–H groups in total. The number of allylic oxidation sites excluding steroid dienone is 1. The van der Waals surface area contributed by atoms with Crippen molar-refractivity contribution >= 4 is 18.5 Å². The van der Waals surface area contributed by atoms with Gasteiger partial charge in [0.05, 0.1) is 18.5 Å². The van der Waals surface area contributed by atoms with Crippen LogP contribution in [0.1, 0.15) is 38.8 Å². The average molecular weight is 549 g/mol. The lowest BCUT2D eigenvalue weighted by atomic mass is 9.94. The molecule has 2 fully saturated rings. The molecule has 0 radical (unpaired) electrons. The lowest BCUT2D eigenvalue weighted by Gasteiger charge is -2.44. The van der Waals surface area contributed by atoms with Crippen LogP contribution in [0.2, 0.25) is 0 Å². The standard InChI is InChI=1S/C26H29F3N4O4.C2H6/c1-16(30-3)14-32(4)21-11-6-18(12-22(21)35-5)13-23-24-31-37-26(17(2)34,19-7-9-20(27)10-8-19)33(24)15-25(28,29)36-23;1-2/h6-14,17,24,31,34H,3,15H2,1-2,4-5H3;1-2H3/b16-14-,23-13-;/t17?,24?,26-;/m0./s1. The van der Waals surface area contributed by atoms with Gasteiger partial charge in [0.25, 0.3) is 0 Å². The van der Waals surface area contributed by atoms with E-state index in [0.717, 1.165) is 5.69 Å². The maximum absolute atomic E-state index is 14.9. The van der Waals surface area contributed by atoms with Crippen molar-refractivity contribution in [2.24, 2.45) is 4.99 Å². The second kappa shape index (κ2) is 12.2. The minimum absolute atomic E-state index is 0.129. The van der Waals surface area contributed by atoms with Gasteiger partial charge in [0.2, 0.25) is 0 Å². The highest BCUT2D eigenvalue weighted by Crippen LogP contribution is 2.46. The SMILES string of the molecule is C=N/C(C)=C\N(C)c1ccc(/C=C2\OC(F)(F)CN3C2NO[C@]3(c2ccc(F)cc2)C(C)O)cc1OC.CC. The van der Waals surface area contributed by atoms with Crippen molar-refractivity contribution < 1.29 is 32.6 Å². The number of aliphatic hydroxyl groups excluding tert-OH is 1. The maximum atomic E-state index is 14.9. The lowest BCUT2D eigenvalue weighted by molar-refractivity contribution is -0.276. The molecule has 212 valence electrons. The Kier molecular flexibility index (Phi) is 9.44. The van der Waals surface area contributed by atoms with Crippen molar-refractivity contribution in [2.75, 3.05) is 25.6 Å². The van der Waals surface area contributed by atoms with Crippen molar-refractivity contribution in [3.63, 3.8) is 0 Å². The van der Waals surface area contributed by atoms with E-state index in [1.54, 1.807) is 36.2 Å². The molecule has 2 saturated heterocycles. The van der Waals surface area contributed by atoms with Gasteiger partial charge < -0.3 is 19.5 Å². The van der Waals surface area contributed by atoms with E-state index in [1.165, 1.54) is 49.3 Å². The van der Waals surface area contributed by atoms with Gasteiger partial charge in [-0.25, -0.2) is 9.29 Å². The Morgan fingerprint density at radius 2 is 1.95 bits per heavy atom. The zero-order chi connectivity index (χ0) is 29.0. The van der Waals surface area contributed by atoms with Gasteiger partial charge in [-0.1, -0.05) is 32.0 Å². The number of aliphatic hydroxyl groups is 1. The van der Waals surface area contributed by atoms with Gasteiger partial charge in [0, 0.05) is 18.8 Å². The Balaban J connectivity index is 0.00000205. The summed E-state index contributed by atoms with van der Waals surface area (Å²) in [6.45, 7) is 9.85. The molecule has 2 aliphatic rings. The van der Waals surface area contributed by atoms with E-state index < -0.39 is 36.5 Å². The van der Waals surface area contributed by atoms with E-state index >= 15 is 0 Å². The Morgan fingerprint density at radius 3 is 2.54 bits per heavy atom. The lowest BCUT2D eigenvalue weighted by Crippen LogP contribution is -2.60. The van der Waals surface area contributed by atoms with Gasteiger partial charge in [-0.15, -0.1) is 0 Å². The predicted molar refractivity (Wildman–Crippen MR) is 145 cm³/mol. The summed E-state index contributed by atoms with van der Waals surface area (Å²) in [5.74, 6) is -0.144. The third-order valence-corrected chi connectivity index (χ3v) is 6.30. The van der Waals surface area contributed by atoms with Crippen LogP contribution >= 0.6 is 0 Å². The highest BCUT2D eigenvalue weighted by Gasteiger charge is 2.60. The first-order valence-electron chi connectivity index (χ1n) is 12.5. The van der Waals surface area contributed by atoms with Crippen LogP contribution in [-0.2, 0) is 15.3 Å². The number of alkyl halides is 2. The van der Waals surface area contributed by atoms with Gasteiger partial charge in [-0.2, -0.15) is 14.3 Å². The second-order valence-electron chi connectivity index (χ2n) is 8.89. The smallest absolute Gasteiger partial charge is 0.410 e. The molecule has 4 rings (SSSR count). The van der Waals surface area contributed by atoms with Crippen molar-refractivity contribution in [1.29, 1.82) is 0 Å². The van der Waals surface area contributed by atoms with Gasteiger partial charge in [-0.3, -0.25) is 9.83 Å². The number of nitrogens with one attached hydrogen (secondary N) is 1. The fourth-order valence-electron chi connectivity index (χ4n) is 4.56. The molecule has 2 aromatic carbocycles. The van der Waals surface area contributed by atoms with E-state index in [-0.39, 0.29) is 5.76 Å². The Bertz CT molecular complexity index is 1220. The summed E-state index contributed by atoms with van der Waals surface area (Å²) in [6, 6.07) is 10.3. The van der Waals surface area contributed by atoms with Crippen molar-refractivity contribution in [1.82, 2.24) is 10.4 Å². The molecule has 2 unspecified atom stereocenters. The molecule has 0 bridgehead atoms. The van der Waals surface area contributed by atoms with Crippen molar-refractivity contribution in [3.05, 3.63) is 77.1 Å². The molecule has 0 aliphatic carbocycles. The molecule has 11 heteroatoms. The molecule has 0 saturated carbocycles. The molecule has 8 nitrogen and oxygen atoms in total. The largest absolute Gasteiger partial charge is 0.495 e. The van der Waals surface area contributed by atoms with Gasteiger partial charge >= 0.3 is 6.11 Å². The number of ether oxygens (including phenoxy) is 2. The number of hydroxylamine groups is 1. The zero-order valence-corrected chi connectivity index (χ0v) is 22.9. The number of nitrogens with zero attached hydrogens (tertiary/aromatic N) is 3. The number of morpholine rings is 1. The highest BCUT2D eigenvalue weighted by molar-refractivity contribution is 5.66. The predicted octanol–water partition coefficient (Wildman–Crippen LogP) is 5.22. The maximum Gasteiger partial charge on any atom is 0.410 e. The molecule has 2 aliphatic heterocycles. The third kappa shape index (κ3) is 6.11. The minimum atomic E-state index is -3.60. The van der Waals surface area contributed by atoms with Gasteiger partial charge in [0.1, 0.15) is 36.1 Å². The van der Waals surface area contributed by atoms with Gasteiger partial charge in [0.15, 0.2) is 5.72 Å². The van der Waals surface area contributed by atoms with Crippen molar-refractivity contribution in [3.8, 4) is 5.75 Å². The second-order valence-corrected chi connectivity index (χ2v) is 8.89. The van der Waals surface area contributed by atoms with Crippen LogP contribution in [-0.4, -0.2) is 55.8 Å². The van der Waals surface area contributed by atoms with Crippen LogP contribution < -0.4 is 15.1 Å². The van der Waals surface area contributed by atoms with E-state index in [1.807, 2.05) is 20.9 Å². The highest BCUT2D eigenvalue weighted by atomic mass is 19.3. The summed E-state index contributed by atoms with van der Waals surface area (Å²) in [5.41, 5.74) is 3.26. The fraction of sp³-hybridized carbons (Fsp3) is 0.393. The van der Waals surface area contributed by atoms with Crippen LogP contribution in [0.15, 0.2) is 65.1 Å². The number of hydrogen-bond acceptors (Lipinski definition) is 8. The van der Waals surface area contributed by atoms with Gasteiger partial charge in [-0.05, 0) is 56.5 Å². The number of hydrogen-bond donors (Lipinski definition) is 2. The number of aliphatic imine (C=N–C) groups is 1. The number of halogens is 3. The molecular weight excluding hydrogens is 513 g/mol. The summed E-state index contributed by atoms with van der Waals surface area (Å²) in [4.78, 5) is 12.7. The number of rotatable bonds is 7. The summed E-state index contributed by atoms with van der Waals surface area (Å²) < 4.78 is 53.9. The first-order chi connectivity index (χ1) is 18.5. The van der Waals surface area contributed by atoms with Crippen LogP contribution in [0.4, 0.5) is 18.9 Å². The zero-order valence-electron chi connectivity index (χ0n) is 22.9. The van der Waals surface area contributed by atoms with Crippen LogP contribution in [0.25, 0.3) is 6.08 Å². The van der Waals surface area contributed by atoms with E-state index in [0.29, 0.717) is 22.6 Å². The normalized spacial score (nSPS) is 24.2. The first kappa shape index (κ1) is 30.2. The molecule has 3 atom stereocenters. The first-order valence-corrected chi connectivity index (χ1v) is 12.5. The topological polar surface area (TPSA) is 78.8 Å². The van der Waals surface area contributed by atoms with Crippen LogP contribution in [0.5, 0.6) is 5.75 Å². The molecule has 0 spiro atoms. The van der Waals surface area contributed by atoms with E-state index in [2.05, 4.69) is 17.2 Å². The summed E-state index contributed by atoms with van der Waals surface area (Å²) in [7, 11) is 3.32. The summed E-state index contributed by atoms with van der Waals surface area (Å²) in [5, 5.41) is 10.7. The third-order valence-electron chi connectivity index (χ3n) is 6.30. The molecule has 2 aromatic rings. The summed E-state index contributed by atoms with van der Waals surface area (Å²) >= 11 is 0. The Morgan fingerprint density at radius 1 is 1.28 bits per heavy atom. The number of benzene rings is 2. The number of fused-ring (bicyclic) bond motifs is 1. The van der Waals surface area contributed by atoms with E-state index in [9.17, 15) is 18.3 Å².